The van der Waals surface area contributed by atoms with Gasteiger partial charge in [0.1, 0.15) is 0 Å². The minimum absolute atomic E-state index is 1.27. The van der Waals surface area contributed by atoms with Crippen LogP contribution in [0.1, 0.15) is 59.3 Å². The van der Waals surface area contributed by atoms with Crippen LogP contribution in [0.15, 0.2) is 11.6 Å². The molecule has 0 unspecified atom stereocenters. The summed E-state index contributed by atoms with van der Waals surface area (Å²) in [6.45, 7) is 6.76. The third-order valence-corrected chi connectivity index (χ3v) is 1.86. The van der Waals surface area contributed by atoms with Crippen LogP contribution in [0, 0.1) is 0 Å². The van der Waals surface area contributed by atoms with E-state index in [1.54, 1.807) is 5.57 Å². The van der Waals surface area contributed by atoms with Gasteiger partial charge in [0.15, 0.2) is 0 Å². The summed E-state index contributed by atoms with van der Waals surface area (Å²) in [6.07, 6.45) is 10.2. The summed E-state index contributed by atoms with van der Waals surface area (Å²) in [5.41, 5.74) is 1.68. The molecule has 0 nitrogen and oxygen atoms in total. The van der Waals surface area contributed by atoms with Gasteiger partial charge in [-0.25, -0.2) is 0 Å². The molecule has 0 spiro atoms. The molecule has 0 bridgehead atoms. The fourth-order valence-corrected chi connectivity index (χ4v) is 1.32. The van der Waals surface area contributed by atoms with E-state index in [4.69, 9.17) is 0 Å². The van der Waals surface area contributed by atoms with Gasteiger partial charge in [-0.3, -0.25) is 0 Å². The van der Waals surface area contributed by atoms with Crippen molar-refractivity contribution in [2.75, 3.05) is 0 Å². The fraction of sp³-hybridized carbons (Fsp3) is 0.818. The van der Waals surface area contributed by atoms with Gasteiger partial charge in [0, 0.05) is 0 Å². The van der Waals surface area contributed by atoms with Crippen molar-refractivity contribution in [1.82, 2.24) is 0 Å². The molecule has 0 aromatic heterocycles. The second-order valence-electron chi connectivity index (χ2n) is 3.15. The summed E-state index contributed by atoms with van der Waals surface area (Å²) < 4.78 is 0. The van der Waals surface area contributed by atoms with E-state index in [1.807, 2.05) is 0 Å². The van der Waals surface area contributed by atoms with Gasteiger partial charge in [0.25, 0.3) is 0 Å². The maximum absolute atomic E-state index is 2.44. The Bertz CT molecular complexity index is 92.6. The largest absolute Gasteiger partial charge is 0.0853 e. The molecule has 0 rings (SSSR count). The first-order valence-corrected chi connectivity index (χ1v) is 5.03. The van der Waals surface area contributed by atoms with Crippen molar-refractivity contribution in [1.29, 1.82) is 0 Å². The van der Waals surface area contributed by atoms with E-state index in [1.165, 1.54) is 38.5 Å². The number of rotatable bonds is 6. The van der Waals surface area contributed by atoms with E-state index in [0.29, 0.717) is 0 Å². The quantitative estimate of drug-likeness (QED) is 0.500. The Balaban J connectivity index is 3.66. The van der Waals surface area contributed by atoms with Gasteiger partial charge in [0.2, 0.25) is 0 Å². The van der Waals surface area contributed by atoms with Crippen LogP contribution in [-0.2, 0) is 0 Å². The molecule has 0 aliphatic rings. The maximum Gasteiger partial charge on any atom is -0.0323 e. The molecule has 0 heteroatoms. The summed E-state index contributed by atoms with van der Waals surface area (Å²) >= 11 is 0. The normalized spacial score (nSPS) is 9.73. The van der Waals surface area contributed by atoms with Gasteiger partial charge in [-0.1, -0.05) is 51.7 Å². The SMILES string of the molecule is CCCC=C(CCC)CCC. The highest BCUT2D eigenvalue weighted by Gasteiger charge is 1.92. The average Bonchev–Trinajstić information content (AvgIpc) is 2.01. The molecule has 0 aliphatic carbocycles. The van der Waals surface area contributed by atoms with Crippen LogP contribution in [0.25, 0.3) is 0 Å². The van der Waals surface area contributed by atoms with E-state index < -0.39 is 0 Å². The van der Waals surface area contributed by atoms with Crippen molar-refractivity contribution in [3.05, 3.63) is 11.6 Å². The third-order valence-electron chi connectivity index (χ3n) is 1.86. The van der Waals surface area contributed by atoms with Crippen LogP contribution in [-0.4, -0.2) is 0 Å². The van der Waals surface area contributed by atoms with Crippen LogP contribution in [0.2, 0.25) is 0 Å². The van der Waals surface area contributed by atoms with E-state index in [2.05, 4.69) is 26.8 Å². The standard InChI is InChI=1S/C11H22/c1-4-7-10-11(8-5-2)9-6-3/h10H,4-9H2,1-3H3. The molecule has 0 heterocycles. The summed E-state index contributed by atoms with van der Waals surface area (Å²) in [6, 6.07) is 0. The highest BCUT2D eigenvalue weighted by Crippen LogP contribution is 2.13. The molecule has 66 valence electrons. The molecule has 0 aromatic rings. The van der Waals surface area contributed by atoms with Gasteiger partial charge < -0.3 is 0 Å². The minimum Gasteiger partial charge on any atom is -0.0853 e. The fourth-order valence-electron chi connectivity index (χ4n) is 1.32. The van der Waals surface area contributed by atoms with Crippen molar-refractivity contribution in [2.24, 2.45) is 0 Å². The summed E-state index contributed by atoms with van der Waals surface area (Å²) in [4.78, 5) is 0. The lowest BCUT2D eigenvalue weighted by Gasteiger charge is -2.02. The lowest BCUT2D eigenvalue weighted by atomic mass is 10.0. The summed E-state index contributed by atoms with van der Waals surface area (Å²) in [5, 5.41) is 0. The zero-order valence-electron chi connectivity index (χ0n) is 8.32. The second kappa shape index (κ2) is 7.84. The zero-order chi connectivity index (χ0) is 8.53. The van der Waals surface area contributed by atoms with Crippen LogP contribution in [0.3, 0.4) is 0 Å². The third kappa shape index (κ3) is 6.15. The maximum atomic E-state index is 2.44. The smallest absolute Gasteiger partial charge is 0.0323 e. The molecule has 0 saturated carbocycles. The number of hydrogen-bond acceptors (Lipinski definition) is 0. The number of hydrogen-bond donors (Lipinski definition) is 0. The molecule has 0 aliphatic heterocycles. The first-order valence-electron chi connectivity index (χ1n) is 5.03. The molecular weight excluding hydrogens is 132 g/mol. The minimum atomic E-state index is 1.27. The number of unbranched alkanes of at least 4 members (excludes halogenated alkanes) is 1. The van der Waals surface area contributed by atoms with E-state index >= 15 is 0 Å². The summed E-state index contributed by atoms with van der Waals surface area (Å²) in [7, 11) is 0. The van der Waals surface area contributed by atoms with Gasteiger partial charge in [-0.05, 0) is 19.3 Å². The van der Waals surface area contributed by atoms with Crippen molar-refractivity contribution in [2.45, 2.75) is 59.3 Å². The molecule has 0 aromatic carbocycles. The molecule has 0 radical (unpaired) electrons. The lowest BCUT2D eigenvalue weighted by Crippen LogP contribution is -1.82. The predicted molar refractivity (Wildman–Crippen MR) is 52.8 cm³/mol. The van der Waals surface area contributed by atoms with Crippen molar-refractivity contribution >= 4 is 0 Å². The van der Waals surface area contributed by atoms with Crippen LogP contribution >= 0.6 is 0 Å². The van der Waals surface area contributed by atoms with Gasteiger partial charge in [-0.2, -0.15) is 0 Å². The van der Waals surface area contributed by atoms with Gasteiger partial charge in [-0.15, -0.1) is 0 Å². The monoisotopic (exact) mass is 154 g/mol. The van der Waals surface area contributed by atoms with Gasteiger partial charge in [0.05, 0.1) is 0 Å². The Morgan fingerprint density at radius 1 is 0.909 bits per heavy atom. The Hall–Kier alpha value is -0.260. The zero-order valence-corrected chi connectivity index (χ0v) is 8.32. The first kappa shape index (κ1) is 10.7. The Morgan fingerprint density at radius 3 is 1.82 bits per heavy atom. The first-order chi connectivity index (χ1) is 5.35. The van der Waals surface area contributed by atoms with Crippen LogP contribution in [0.4, 0.5) is 0 Å². The second-order valence-corrected chi connectivity index (χ2v) is 3.15. The van der Waals surface area contributed by atoms with Crippen LogP contribution < -0.4 is 0 Å². The molecular formula is C11H22. The van der Waals surface area contributed by atoms with Crippen molar-refractivity contribution in [3.8, 4) is 0 Å². The molecule has 0 amide bonds. The average molecular weight is 154 g/mol. The Labute approximate surface area is 71.7 Å². The predicted octanol–water partition coefficient (Wildman–Crippen LogP) is 4.31. The summed E-state index contributed by atoms with van der Waals surface area (Å²) in [5.74, 6) is 0. The van der Waals surface area contributed by atoms with Crippen molar-refractivity contribution in [3.63, 3.8) is 0 Å². The van der Waals surface area contributed by atoms with E-state index in [-0.39, 0.29) is 0 Å². The van der Waals surface area contributed by atoms with Crippen molar-refractivity contribution < 1.29 is 0 Å². The Kier molecular flexibility index (Phi) is 7.66. The molecule has 11 heavy (non-hydrogen) atoms. The topological polar surface area (TPSA) is 0 Å². The van der Waals surface area contributed by atoms with E-state index in [9.17, 15) is 0 Å². The lowest BCUT2D eigenvalue weighted by molar-refractivity contribution is 0.788. The Morgan fingerprint density at radius 2 is 1.45 bits per heavy atom. The highest BCUT2D eigenvalue weighted by molar-refractivity contribution is 5.01. The van der Waals surface area contributed by atoms with Gasteiger partial charge >= 0.3 is 0 Å². The molecule has 0 N–H and O–H groups in total. The van der Waals surface area contributed by atoms with Crippen LogP contribution in [0.5, 0.6) is 0 Å². The highest BCUT2D eigenvalue weighted by atomic mass is 14.0. The number of allylic oxidation sites excluding steroid dienone is 2. The molecule has 0 fully saturated rings. The molecule has 0 atom stereocenters. The van der Waals surface area contributed by atoms with E-state index in [0.717, 1.165) is 0 Å². The molecule has 0 saturated heterocycles.